The number of carbonyl (C=O) groups is 2. The molecule has 0 saturated heterocycles. The van der Waals surface area contributed by atoms with E-state index in [0.29, 0.717) is 5.56 Å². The molecule has 1 heterocycles. The van der Waals surface area contributed by atoms with Crippen LogP contribution in [0.25, 0.3) is 5.69 Å². The van der Waals surface area contributed by atoms with Crippen molar-refractivity contribution < 1.29 is 19.1 Å². The maximum absolute atomic E-state index is 12.4. The van der Waals surface area contributed by atoms with Crippen LogP contribution in [-0.2, 0) is 9.53 Å². The fourth-order valence-electron chi connectivity index (χ4n) is 2.67. The highest BCUT2D eigenvalue weighted by Gasteiger charge is 2.17. The minimum atomic E-state index is -0.502. The summed E-state index contributed by atoms with van der Waals surface area (Å²) in [5.41, 5.74) is 4.07. The molecule has 2 rings (SSSR count). The zero-order valence-corrected chi connectivity index (χ0v) is 15.3. The molecule has 0 aliphatic heterocycles. The molecular formula is C20H23NO4. The van der Waals surface area contributed by atoms with Gasteiger partial charge in [0.2, 0.25) is 5.78 Å². The summed E-state index contributed by atoms with van der Waals surface area (Å²) in [4.78, 5) is 24.0. The molecule has 1 aromatic heterocycles. The van der Waals surface area contributed by atoms with E-state index >= 15 is 0 Å². The molecule has 0 N–H and O–H groups in total. The second-order valence-corrected chi connectivity index (χ2v) is 6.07. The van der Waals surface area contributed by atoms with Crippen molar-refractivity contribution in [2.75, 3.05) is 13.7 Å². The number of Topliss-reactive ketones (excluding diaryl/α,β-unsaturated/α-hetero) is 1. The van der Waals surface area contributed by atoms with Crippen LogP contribution < -0.4 is 4.74 Å². The summed E-state index contributed by atoms with van der Waals surface area (Å²) in [5, 5.41) is 0. The number of hydrogen-bond donors (Lipinski definition) is 0. The Kier molecular flexibility index (Phi) is 5.80. The van der Waals surface area contributed by atoms with Crippen LogP contribution in [0.2, 0.25) is 0 Å². The maximum Gasteiger partial charge on any atom is 0.331 e. The highest BCUT2D eigenvalue weighted by atomic mass is 16.5. The minimum absolute atomic E-state index is 0.219. The molecule has 0 aliphatic carbocycles. The van der Waals surface area contributed by atoms with Crippen LogP contribution in [0.4, 0.5) is 0 Å². The average molecular weight is 341 g/mol. The highest BCUT2D eigenvalue weighted by molar-refractivity contribution is 6.00. The van der Waals surface area contributed by atoms with E-state index < -0.39 is 5.97 Å². The first kappa shape index (κ1) is 18.5. The molecule has 132 valence electrons. The van der Waals surface area contributed by atoms with E-state index in [1.54, 1.807) is 21.0 Å². The Morgan fingerprint density at radius 1 is 1.12 bits per heavy atom. The third-order valence-electron chi connectivity index (χ3n) is 3.81. The van der Waals surface area contributed by atoms with Gasteiger partial charge in [-0.15, -0.1) is 0 Å². The molecule has 0 unspecified atom stereocenters. The predicted molar refractivity (Wildman–Crippen MR) is 96.5 cm³/mol. The fourth-order valence-corrected chi connectivity index (χ4v) is 2.67. The number of benzene rings is 1. The summed E-state index contributed by atoms with van der Waals surface area (Å²) in [6.45, 7) is 7.14. The van der Waals surface area contributed by atoms with Gasteiger partial charge in [-0.3, -0.25) is 4.79 Å². The standard InChI is InChI=1S/C20H23NO4/c1-13(2)10-20(23)25-12-19(22)18-11-14(3)21(15(18)4)16-6-8-17(24-5)9-7-16/h6-11H,12H2,1-5H3. The number of ether oxygens (including phenoxy) is 2. The topological polar surface area (TPSA) is 57.5 Å². The van der Waals surface area contributed by atoms with Crippen LogP contribution in [0, 0.1) is 13.8 Å². The molecule has 5 nitrogen and oxygen atoms in total. The number of aromatic nitrogens is 1. The largest absolute Gasteiger partial charge is 0.497 e. The first-order valence-corrected chi connectivity index (χ1v) is 8.01. The molecule has 1 aromatic carbocycles. The molecule has 0 radical (unpaired) electrons. The van der Waals surface area contributed by atoms with Gasteiger partial charge < -0.3 is 14.0 Å². The summed E-state index contributed by atoms with van der Waals surface area (Å²) in [7, 11) is 1.62. The Bertz CT molecular complexity index is 809. The summed E-state index contributed by atoms with van der Waals surface area (Å²) in [6, 6.07) is 9.42. The van der Waals surface area contributed by atoms with Crippen molar-refractivity contribution in [2.45, 2.75) is 27.7 Å². The smallest absolute Gasteiger partial charge is 0.331 e. The van der Waals surface area contributed by atoms with E-state index in [-0.39, 0.29) is 12.4 Å². The first-order chi connectivity index (χ1) is 11.8. The molecule has 0 atom stereocenters. The van der Waals surface area contributed by atoms with Gasteiger partial charge in [-0.25, -0.2) is 4.79 Å². The Morgan fingerprint density at radius 3 is 2.32 bits per heavy atom. The van der Waals surface area contributed by atoms with E-state index in [9.17, 15) is 9.59 Å². The molecule has 0 spiro atoms. The number of nitrogens with zero attached hydrogens (tertiary/aromatic N) is 1. The summed E-state index contributed by atoms with van der Waals surface area (Å²) in [6.07, 6.45) is 1.37. The van der Waals surface area contributed by atoms with E-state index in [1.165, 1.54) is 6.08 Å². The molecule has 0 amide bonds. The number of allylic oxidation sites excluding steroid dienone is 1. The van der Waals surface area contributed by atoms with Gasteiger partial charge in [-0.05, 0) is 58.0 Å². The lowest BCUT2D eigenvalue weighted by Gasteiger charge is -2.10. The van der Waals surface area contributed by atoms with Crippen LogP contribution in [0.1, 0.15) is 35.6 Å². The quantitative estimate of drug-likeness (QED) is 0.456. The van der Waals surface area contributed by atoms with Crippen molar-refractivity contribution in [2.24, 2.45) is 0 Å². The maximum atomic E-state index is 12.4. The predicted octanol–water partition coefficient (Wildman–Crippen LogP) is 3.79. The van der Waals surface area contributed by atoms with Gasteiger partial charge in [0, 0.05) is 28.7 Å². The van der Waals surface area contributed by atoms with Crippen LogP contribution >= 0.6 is 0 Å². The van der Waals surface area contributed by atoms with E-state index in [1.807, 2.05) is 48.7 Å². The van der Waals surface area contributed by atoms with Gasteiger partial charge in [-0.1, -0.05) is 5.57 Å². The monoisotopic (exact) mass is 341 g/mol. The molecule has 0 saturated carbocycles. The lowest BCUT2D eigenvalue weighted by Crippen LogP contribution is -2.13. The molecule has 0 fully saturated rings. The third kappa shape index (κ3) is 4.38. The first-order valence-electron chi connectivity index (χ1n) is 8.01. The number of carbonyl (C=O) groups excluding carboxylic acids is 2. The fraction of sp³-hybridized carbons (Fsp3) is 0.300. The van der Waals surface area contributed by atoms with E-state index in [0.717, 1.165) is 28.4 Å². The normalized spacial score (nSPS) is 10.3. The third-order valence-corrected chi connectivity index (χ3v) is 3.81. The zero-order valence-electron chi connectivity index (χ0n) is 15.3. The van der Waals surface area contributed by atoms with Crippen molar-refractivity contribution in [3.05, 3.63) is 58.9 Å². The zero-order chi connectivity index (χ0) is 18.6. The van der Waals surface area contributed by atoms with E-state index in [2.05, 4.69) is 0 Å². The van der Waals surface area contributed by atoms with Crippen molar-refractivity contribution in [1.82, 2.24) is 4.57 Å². The van der Waals surface area contributed by atoms with Crippen molar-refractivity contribution in [3.8, 4) is 11.4 Å². The van der Waals surface area contributed by atoms with Crippen LogP contribution in [0.15, 0.2) is 42.0 Å². The lowest BCUT2D eigenvalue weighted by molar-refractivity contribution is -0.136. The Balaban J connectivity index is 2.21. The van der Waals surface area contributed by atoms with Crippen LogP contribution in [-0.4, -0.2) is 30.0 Å². The van der Waals surface area contributed by atoms with E-state index in [4.69, 9.17) is 9.47 Å². The second-order valence-electron chi connectivity index (χ2n) is 6.07. The number of aryl methyl sites for hydroxylation is 1. The van der Waals surface area contributed by atoms with Crippen molar-refractivity contribution >= 4 is 11.8 Å². The van der Waals surface area contributed by atoms with Crippen LogP contribution in [0.3, 0.4) is 0 Å². The van der Waals surface area contributed by atoms with Crippen molar-refractivity contribution in [3.63, 3.8) is 0 Å². The number of hydrogen-bond acceptors (Lipinski definition) is 4. The SMILES string of the molecule is COc1ccc(-n2c(C)cc(C(=O)COC(=O)C=C(C)C)c2C)cc1. The summed E-state index contributed by atoms with van der Waals surface area (Å²) in [5.74, 6) is 0.0503. The number of rotatable bonds is 6. The molecular weight excluding hydrogens is 318 g/mol. The summed E-state index contributed by atoms with van der Waals surface area (Å²) < 4.78 is 12.2. The Labute approximate surface area is 147 Å². The lowest BCUT2D eigenvalue weighted by atomic mass is 10.1. The molecule has 0 aliphatic rings. The highest BCUT2D eigenvalue weighted by Crippen LogP contribution is 2.23. The molecule has 2 aromatic rings. The van der Waals surface area contributed by atoms with Gasteiger partial charge in [0.25, 0.3) is 0 Å². The molecule has 0 bridgehead atoms. The van der Waals surface area contributed by atoms with Gasteiger partial charge in [0.15, 0.2) is 6.61 Å². The van der Waals surface area contributed by atoms with Crippen LogP contribution in [0.5, 0.6) is 5.75 Å². The van der Waals surface area contributed by atoms with Gasteiger partial charge in [0.05, 0.1) is 7.11 Å². The van der Waals surface area contributed by atoms with Gasteiger partial charge >= 0.3 is 5.97 Å². The molecule has 5 heteroatoms. The Hall–Kier alpha value is -2.82. The van der Waals surface area contributed by atoms with Gasteiger partial charge in [0.1, 0.15) is 5.75 Å². The minimum Gasteiger partial charge on any atom is -0.497 e. The molecule has 25 heavy (non-hydrogen) atoms. The number of esters is 1. The average Bonchev–Trinajstić information content (AvgIpc) is 2.87. The number of methoxy groups -OCH3 is 1. The summed E-state index contributed by atoms with van der Waals surface area (Å²) >= 11 is 0. The van der Waals surface area contributed by atoms with Crippen molar-refractivity contribution in [1.29, 1.82) is 0 Å². The second kappa shape index (κ2) is 7.83. The Morgan fingerprint density at radius 2 is 1.76 bits per heavy atom. The number of ketones is 1. The van der Waals surface area contributed by atoms with Gasteiger partial charge in [-0.2, -0.15) is 0 Å².